The van der Waals surface area contributed by atoms with Crippen LogP contribution < -0.4 is 10.6 Å². The Hall–Kier alpha value is -3.67. The Labute approximate surface area is 151 Å². The first-order chi connectivity index (χ1) is 12.4. The van der Waals surface area contributed by atoms with Gasteiger partial charge in [-0.1, -0.05) is 17.2 Å². The minimum Gasteiger partial charge on any atom is -0.451 e. The predicted molar refractivity (Wildman–Crippen MR) is 93.3 cm³/mol. The van der Waals surface area contributed by atoms with Crippen LogP contribution in [0.4, 0.5) is 11.6 Å². The zero-order valence-electron chi connectivity index (χ0n) is 13.2. The van der Waals surface area contributed by atoms with Crippen molar-refractivity contribution >= 4 is 34.9 Å². The highest BCUT2D eigenvalue weighted by molar-refractivity contribution is 7.80. The number of amides is 1. The van der Waals surface area contributed by atoms with Crippen LogP contribution in [-0.2, 0) is 7.05 Å². The molecule has 3 rings (SSSR count). The summed E-state index contributed by atoms with van der Waals surface area (Å²) in [6, 6.07) is 8.93. The van der Waals surface area contributed by atoms with E-state index in [2.05, 4.69) is 26.0 Å². The van der Waals surface area contributed by atoms with Gasteiger partial charge in [0.25, 0.3) is 17.5 Å². The van der Waals surface area contributed by atoms with Gasteiger partial charge in [-0.05, 0) is 35.6 Å². The van der Waals surface area contributed by atoms with Crippen molar-refractivity contribution in [3.8, 4) is 11.3 Å². The summed E-state index contributed by atoms with van der Waals surface area (Å²) in [4.78, 5) is 24.0. The molecular formula is C14H11N7O4S. The lowest BCUT2D eigenvalue weighted by molar-refractivity contribution is -0.384. The maximum absolute atomic E-state index is 12.2. The van der Waals surface area contributed by atoms with Crippen LogP contribution in [0.1, 0.15) is 10.6 Å². The van der Waals surface area contributed by atoms with Crippen molar-refractivity contribution < 1.29 is 14.1 Å². The van der Waals surface area contributed by atoms with Crippen molar-refractivity contribution in [3.63, 3.8) is 0 Å². The van der Waals surface area contributed by atoms with E-state index in [-0.39, 0.29) is 33.8 Å². The fourth-order valence-electron chi connectivity index (χ4n) is 2.08. The molecular weight excluding hydrogens is 362 g/mol. The van der Waals surface area contributed by atoms with E-state index in [0.717, 1.165) is 0 Å². The Balaban J connectivity index is 1.72. The average molecular weight is 373 g/mol. The van der Waals surface area contributed by atoms with Gasteiger partial charge in [0.05, 0.1) is 17.5 Å². The molecule has 0 saturated heterocycles. The summed E-state index contributed by atoms with van der Waals surface area (Å²) in [7, 11) is 1.58. The molecule has 132 valence electrons. The maximum Gasteiger partial charge on any atom is 0.293 e. The fourth-order valence-corrected chi connectivity index (χ4v) is 2.26. The first-order valence-electron chi connectivity index (χ1n) is 7.14. The summed E-state index contributed by atoms with van der Waals surface area (Å²) in [5.74, 6) is -0.375. The van der Waals surface area contributed by atoms with Crippen LogP contribution in [0.3, 0.4) is 0 Å². The molecule has 11 nitrogen and oxygen atoms in total. The molecule has 12 heteroatoms. The van der Waals surface area contributed by atoms with E-state index in [1.54, 1.807) is 19.2 Å². The Morgan fingerprint density at radius 3 is 2.77 bits per heavy atom. The number of anilines is 1. The number of para-hydroxylation sites is 1. The Morgan fingerprint density at radius 1 is 1.31 bits per heavy atom. The molecule has 0 aliphatic rings. The minimum absolute atomic E-state index is 0.0494. The molecule has 0 aliphatic heterocycles. The second kappa shape index (κ2) is 7.06. The molecule has 0 saturated carbocycles. The zero-order valence-corrected chi connectivity index (χ0v) is 14.1. The number of thiocarbonyl (C=S) groups is 1. The van der Waals surface area contributed by atoms with Gasteiger partial charge in [-0.3, -0.25) is 25.5 Å². The van der Waals surface area contributed by atoms with Crippen LogP contribution in [-0.4, -0.2) is 36.2 Å². The smallest absolute Gasteiger partial charge is 0.293 e. The lowest BCUT2D eigenvalue weighted by atomic mass is 10.1. The van der Waals surface area contributed by atoms with Gasteiger partial charge in [-0.25, -0.2) is 0 Å². The van der Waals surface area contributed by atoms with E-state index >= 15 is 0 Å². The van der Waals surface area contributed by atoms with Gasteiger partial charge in [-0.2, -0.15) is 4.80 Å². The Kier molecular flexibility index (Phi) is 4.66. The third-order valence-electron chi connectivity index (χ3n) is 3.16. The van der Waals surface area contributed by atoms with E-state index in [1.165, 1.54) is 29.1 Å². The fraction of sp³-hybridized carbons (Fsp3) is 0.0714. The molecule has 0 bridgehead atoms. The van der Waals surface area contributed by atoms with Crippen LogP contribution in [0.25, 0.3) is 11.3 Å². The van der Waals surface area contributed by atoms with Crippen molar-refractivity contribution in [2.75, 3.05) is 5.32 Å². The van der Waals surface area contributed by atoms with E-state index < -0.39 is 10.8 Å². The number of nitrogens with one attached hydrogen (secondary N) is 2. The van der Waals surface area contributed by atoms with Crippen molar-refractivity contribution in [2.24, 2.45) is 7.05 Å². The number of carbonyl (C=O) groups excluding carboxylic acids is 1. The molecule has 2 N–H and O–H groups in total. The molecule has 3 aromatic rings. The first-order valence-corrected chi connectivity index (χ1v) is 7.55. The monoisotopic (exact) mass is 373 g/mol. The molecule has 26 heavy (non-hydrogen) atoms. The first kappa shape index (κ1) is 17.2. The third kappa shape index (κ3) is 3.70. The molecule has 2 aromatic heterocycles. The second-order valence-corrected chi connectivity index (χ2v) is 5.36. The van der Waals surface area contributed by atoms with E-state index in [4.69, 9.17) is 16.6 Å². The molecule has 2 heterocycles. The molecule has 0 aliphatic carbocycles. The summed E-state index contributed by atoms with van der Waals surface area (Å²) in [5, 5.41) is 27.2. The van der Waals surface area contributed by atoms with Gasteiger partial charge in [0.1, 0.15) is 5.76 Å². The van der Waals surface area contributed by atoms with Crippen LogP contribution >= 0.6 is 12.2 Å². The minimum atomic E-state index is -0.628. The molecule has 0 fully saturated rings. The van der Waals surface area contributed by atoms with Crippen LogP contribution in [0.5, 0.6) is 0 Å². The summed E-state index contributed by atoms with van der Waals surface area (Å²) in [6.45, 7) is 0. The Morgan fingerprint density at radius 2 is 2.08 bits per heavy atom. The molecule has 0 spiro atoms. The summed E-state index contributed by atoms with van der Waals surface area (Å²) in [6.07, 6.45) is 0. The molecule has 0 atom stereocenters. The quantitative estimate of drug-likeness (QED) is 0.395. The number of nitro benzene ring substituents is 1. The lowest BCUT2D eigenvalue weighted by Crippen LogP contribution is -2.34. The maximum atomic E-state index is 12.2. The van der Waals surface area contributed by atoms with Gasteiger partial charge in [-0.15, -0.1) is 5.10 Å². The van der Waals surface area contributed by atoms with Crippen LogP contribution in [0, 0.1) is 10.1 Å². The van der Waals surface area contributed by atoms with Crippen LogP contribution in [0.15, 0.2) is 40.8 Å². The lowest BCUT2D eigenvalue weighted by Gasteiger charge is -2.04. The predicted octanol–water partition coefficient (Wildman–Crippen LogP) is 1.51. The van der Waals surface area contributed by atoms with Gasteiger partial charge in [0, 0.05) is 6.07 Å². The topological polar surface area (TPSA) is 141 Å². The number of benzene rings is 1. The van der Waals surface area contributed by atoms with Gasteiger partial charge >= 0.3 is 0 Å². The number of aromatic nitrogens is 4. The van der Waals surface area contributed by atoms with Gasteiger partial charge in [0.15, 0.2) is 10.9 Å². The zero-order chi connectivity index (χ0) is 18.7. The molecule has 0 radical (unpaired) electrons. The third-order valence-corrected chi connectivity index (χ3v) is 3.36. The van der Waals surface area contributed by atoms with E-state index in [1.807, 2.05) is 0 Å². The van der Waals surface area contributed by atoms with Crippen molar-refractivity contribution in [3.05, 3.63) is 52.3 Å². The number of hydrogen-bond donors (Lipinski definition) is 2. The van der Waals surface area contributed by atoms with Gasteiger partial charge in [0.2, 0.25) is 0 Å². The average Bonchev–Trinajstić information content (AvgIpc) is 3.24. The van der Waals surface area contributed by atoms with Crippen molar-refractivity contribution in [1.82, 2.24) is 25.5 Å². The standard InChI is InChI=1S/C14H11N7O4S/c1-20-18-13(17-19-20)16-14(26)15-12(22)11-7-6-10(25-11)8-4-2-3-5-9(8)21(23)24/h2-7H,1H3,(H2,15,16,18,22,26). The number of nitro groups is 1. The number of nitrogens with zero attached hydrogens (tertiary/aromatic N) is 5. The number of rotatable bonds is 4. The normalized spacial score (nSPS) is 10.3. The molecule has 1 aromatic carbocycles. The SMILES string of the molecule is Cn1nnc(NC(=S)NC(=O)c2ccc(-c3ccccc3[N+](=O)[O-])o2)n1. The summed E-state index contributed by atoms with van der Waals surface area (Å²) >= 11 is 4.99. The Bertz CT molecular complexity index is 997. The largest absolute Gasteiger partial charge is 0.451 e. The highest BCUT2D eigenvalue weighted by Gasteiger charge is 2.19. The molecule has 1 amide bonds. The van der Waals surface area contributed by atoms with E-state index in [0.29, 0.717) is 0 Å². The van der Waals surface area contributed by atoms with Crippen molar-refractivity contribution in [1.29, 1.82) is 0 Å². The number of furan rings is 1. The molecule has 0 unspecified atom stereocenters. The van der Waals surface area contributed by atoms with E-state index in [9.17, 15) is 14.9 Å². The van der Waals surface area contributed by atoms with Crippen molar-refractivity contribution in [2.45, 2.75) is 0 Å². The number of tetrazole rings is 1. The number of aryl methyl sites for hydroxylation is 1. The number of carbonyl (C=O) groups is 1. The van der Waals surface area contributed by atoms with Crippen LogP contribution in [0.2, 0.25) is 0 Å². The summed E-state index contributed by atoms with van der Waals surface area (Å²) < 4.78 is 5.43. The number of hydrogen-bond acceptors (Lipinski definition) is 8. The highest BCUT2D eigenvalue weighted by atomic mass is 32.1. The second-order valence-electron chi connectivity index (χ2n) is 4.95. The highest BCUT2D eigenvalue weighted by Crippen LogP contribution is 2.30. The van der Waals surface area contributed by atoms with Gasteiger partial charge < -0.3 is 4.42 Å². The summed E-state index contributed by atoms with van der Waals surface area (Å²) in [5.41, 5.74) is 0.140.